The Kier molecular flexibility index (Phi) is 5.97. The maximum Gasteiger partial charge on any atom is 0.355 e. The lowest BCUT2D eigenvalue weighted by Gasteiger charge is -2.35. The number of ether oxygens (including phenoxy) is 2. The van der Waals surface area contributed by atoms with E-state index in [-0.39, 0.29) is 17.2 Å². The van der Waals surface area contributed by atoms with Gasteiger partial charge in [0.2, 0.25) is 5.60 Å². The summed E-state index contributed by atoms with van der Waals surface area (Å²) in [6.07, 6.45) is 0.112. The summed E-state index contributed by atoms with van der Waals surface area (Å²) in [6, 6.07) is 4.41. The van der Waals surface area contributed by atoms with Gasteiger partial charge in [0.15, 0.2) is 11.5 Å². The second kappa shape index (κ2) is 8.16. The SMILES string of the molecule is CNCC(O)c1ccc(O)c(OC(=O)C2(C)CCc3c(C)c(O)c(C)c(C)c3O2)c1. The van der Waals surface area contributed by atoms with E-state index in [4.69, 9.17) is 9.47 Å². The molecule has 0 saturated heterocycles. The number of nitrogens with one attached hydrogen (secondary N) is 1. The number of esters is 1. The van der Waals surface area contributed by atoms with Crippen molar-refractivity contribution in [2.75, 3.05) is 13.6 Å². The van der Waals surface area contributed by atoms with Crippen LogP contribution in [0, 0.1) is 20.8 Å². The smallest absolute Gasteiger partial charge is 0.355 e. The van der Waals surface area contributed by atoms with Gasteiger partial charge in [0.05, 0.1) is 6.10 Å². The first kappa shape index (κ1) is 21.9. The maximum absolute atomic E-state index is 13.0. The first-order valence-electron chi connectivity index (χ1n) is 9.97. The van der Waals surface area contributed by atoms with Gasteiger partial charge in [0, 0.05) is 18.5 Å². The Morgan fingerprint density at radius 1 is 1.23 bits per heavy atom. The minimum atomic E-state index is -1.25. The number of fused-ring (bicyclic) bond motifs is 1. The van der Waals surface area contributed by atoms with Crippen molar-refractivity contribution in [1.29, 1.82) is 0 Å². The van der Waals surface area contributed by atoms with Gasteiger partial charge >= 0.3 is 5.97 Å². The molecule has 1 heterocycles. The van der Waals surface area contributed by atoms with Crippen molar-refractivity contribution in [1.82, 2.24) is 5.32 Å². The van der Waals surface area contributed by atoms with Crippen LogP contribution in [0.1, 0.15) is 47.3 Å². The van der Waals surface area contributed by atoms with E-state index in [0.717, 1.165) is 16.7 Å². The zero-order valence-corrected chi connectivity index (χ0v) is 18.0. The lowest BCUT2D eigenvalue weighted by molar-refractivity contribution is -0.152. The normalized spacial score (nSPS) is 19.0. The number of benzene rings is 2. The molecule has 4 N–H and O–H groups in total. The number of aromatic hydroxyl groups is 2. The highest BCUT2D eigenvalue weighted by Gasteiger charge is 2.42. The lowest BCUT2D eigenvalue weighted by atomic mass is 9.87. The van der Waals surface area contributed by atoms with E-state index in [2.05, 4.69) is 5.32 Å². The van der Waals surface area contributed by atoms with Gasteiger partial charge in [-0.2, -0.15) is 0 Å². The number of carbonyl (C=O) groups is 1. The molecule has 2 unspecified atom stereocenters. The van der Waals surface area contributed by atoms with Crippen LogP contribution < -0.4 is 14.8 Å². The predicted octanol–water partition coefficient (Wildman–Crippen LogP) is 2.97. The summed E-state index contributed by atoms with van der Waals surface area (Å²) in [5, 5.41) is 33.5. The fourth-order valence-electron chi connectivity index (χ4n) is 3.73. The molecule has 3 rings (SSSR count). The van der Waals surface area contributed by atoms with Crippen LogP contribution in [0.4, 0.5) is 0 Å². The Labute approximate surface area is 176 Å². The topological polar surface area (TPSA) is 108 Å². The molecule has 2 atom stereocenters. The highest BCUT2D eigenvalue weighted by atomic mass is 16.6. The quantitative estimate of drug-likeness (QED) is 0.439. The lowest BCUT2D eigenvalue weighted by Crippen LogP contribution is -2.47. The molecule has 7 heteroatoms. The number of aliphatic hydroxyl groups is 1. The van der Waals surface area contributed by atoms with Crippen LogP contribution in [-0.2, 0) is 11.2 Å². The van der Waals surface area contributed by atoms with Crippen LogP contribution in [-0.4, -0.2) is 40.5 Å². The molecule has 0 fully saturated rings. The Balaban J connectivity index is 1.88. The molecule has 2 aromatic rings. The van der Waals surface area contributed by atoms with E-state index < -0.39 is 17.7 Å². The van der Waals surface area contributed by atoms with Crippen molar-refractivity contribution in [3.63, 3.8) is 0 Å². The summed E-state index contributed by atoms with van der Waals surface area (Å²) < 4.78 is 11.6. The van der Waals surface area contributed by atoms with Crippen molar-refractivity contribution < 1.29 is 29.6 Å². The molecular formula is C23H29NO6. The van der Waals surface area contributed by atoms with Crippen LogP contribution in [0.2, 0.25) is 0 Å². The molecule has 7 nitrogen and oxygen atoms in total. The molecule has 0 spiro atoms. The van der Waals surface area contributed by atoms with Crippen molar-refractivity contribution in [2.24, 2.45) is 0 Å². The summed E-state index contributed by atoms with van der Waals surface area (Å²) in [5.41, 5.74) is 2.41. The summed E-state index contributed by atoms with van der Waals surface area (Å²) in [4.78, 5) is 13.0. The van der Waals surface area contributed by atoms with Crippen LogP contribution >= 0.6 is 0 Å². The highest BCUT2D eigenvalue weighted by molar-refractivity contribution is 5.83. The van der Waals surface area contributed by atoms with Crippen molar-refractivity contribution >= 4 is 5.97 Å². The van der Waals surface area contributed by atoms with E-state index in [9.17, 15) is 20.1 Å². The number of hydrogen-bond acceptors (Lipinski definition) is 7. The average molecular weight is 415 g/mol. The van der Waals surface area contributed by atoms with Crippen LogP contribution in [0.25, 0.3) is 0 Å². The first-order chi connectivity index (χ1) is 14.1. The first-order valence-corrected chi connectivity index (χ1v) is 9.97. The number of hydrogen-bond donors (Lipinski definition) is 4. The molecule has 30 heavy (non-hydrogen) atoms. The van der Waals surface area contributed by atoms with E-state index in [1.165, 1.54) is 12.1 Å². The second-order valence-corrected chi connectivity index (χ2v) is 8.05. The average Bonchev–Trinajstić information content (AvgIpc) is 2.72. The maximum atomic E-state index is 13.0. The van der Waals surface area contributed by atoms with Gasteiger partial charge < -0.3 is 30.1 Å². The zero-order chi connectivity index (χ0) is 22.2. The number of rotatable bonds is 5. The van der Waals surface area contributed by atoms with E-state index >= 15 is 0 Å². The minimum Gasteiger partial charge on any atom is -0.507 e. The number of phenolic OH excluding ortho intramolecular Hbond substituents is 2. The molecular weight excluding hydrogens is 386 g/mol. The van der Waals surface area contributed by atoms with Gasteiger partial charge in [0.25, 0.3) is 0 Å². The van der Waals surface area contributed by atoms with Gasteiger partial charge in [-0.15, -0.1) is 0 Å². The molecule has 0 aromatic heterocycles. The predicted molar refractivity (Wildman–Crippen MR) is 112 cm³/mol. The summed E-state index contributed by atoms with van der Waals surface area (Å²) in [5.74, 6) is -0.0141. The fraction of sp³-hybridized carbons (Fsp3) is 0.435. The molecule has 1 aliphatic rings. The number of carbonyl (C=O) groups excluding carboxylic acids is 1. The third-order valence-corrected chi connectivity index (χ3v) is 5.92. The summed E-state index contributed by atoms with van der Waals surface area (Å²) >= 11 is 0. The fourth-order valence-corrected chi connectivity index (χ4v) is 3.73. The van der Waals surface area contributed by atoms with Crippen molar-refractivity contribution in [3.8, 4) is 23.0 Å². The molecule has 1 aliphatic heterocycles. The molecule has 0 saturated carbocycles. The zero-order valence-electron chi connectivity index (χ0n) is 18.0. The molecule has 162 valence electrons. The number of phenols is 2. The Morgan fingerprint density at radius 3 is 2.60 bits per heavy atom. The summed E-state index contributed by atoms with van der Waals surface area (Å²) in [6.45, 7) is 7.48. The van der Waals surface area contributed by atoms with E-state index in [0.29, 0.717) is 36.3 Å². The van der Waals surface area contributed by atoms with Gasteiger partial charge in [-0.1, -0.05) is 6.07 Å². The Morgan fingerprint density at radius 2 is 1.93 bits per heavy atom. The van der Waals surface area contributed by atoms with Crippen LogP contribution in [0.15, 0.2) is 18.2 Å². The van der Waals surface area contributed by atoms with Crippen LogP contribution in [0.5, 0.6) is 23.0 Å². The Bertz CT molecular complexity index is 986. The number of likely N-dealkylation sites (N-methyl/N-ethyl adjacent to an activating group) is 1. The van der Waals surface area contributed by atoms with Crippen LogP contribution in [0.3, 0.4) is 0 Å². The monoisotopic (exact) mass is 415 g/mol. The molecule has 2 aromatic carbocycles. The molecule has 0 radical (unpaired) electrons. The van der Waals surface area contributed by atoms with Gasteiger partial charge in [-0.25, -0.2) is 4.79 Å². The van der Waals surface area contributed by atoms with Gasteiger partial charge in [-0.05, 0) is 75.5 Å². The summed E-state index contributed by atoms with van der Waals surface area (Å²) in [7, 11) is 1.72. The van der Waals surface area contributed by atoms with Crippen molar-refractivity contribution in [3.05, 3.63) is 46.0 Å². The standard InChI is InChI=1S/C23H29NO6/c1-12-13(2)21-16(14(3)20(12)27)8-9-23(4,30-21)22(28)29-19-10-15(6-7-17(19)25)18(26)11-24-5/h6-7,10,18,24-27H,8-9,11H2,1-5H3. The third-order valence-electron chi connectivity index (χ3n) is 5.92. The number of aliphatic hydroxyl groups excluding tert-OH is 1. The third kappa shape index (κ3) is 3.82. The largest absolute Gasteiger partial charge is 0.507 e. The minimum absolute atomic E-state index is 0.0296. The van der Waals surface area contributed by atoms with Crippen molar-refractivity contribution in [2.45, 2.75) is 52.2 Å². The van der Waals surface area contributed by atoms with E-state index in [1.54, 1.807) is 20.0 Å². The second-order valence-electron chi connectivity index (χ2n) is 8.05. The van der Waals surface area contributed by atoms with Gasteiger partial charge in [-0.3, -0.25) is 0 Å². The molecule has 0 aliphatic carbocycles. The molecule has 0 bridgehead atoms. The molecule has 0 amide bonds. The Hall–Kier alpha value is -2.77. The van der Waals surface area contributed by atoms with Gasteiger partial charge in [0.1, 0.15) is 11.5 Å². The highest BCUT2D eigenvalue weighted by Crippen LogP contribution is 2.44. The van der Waals surface area contributed by atoms with E-state index in [1.807, 2.05) is 20.8 Å².